The molecule has 0 amide bonds. The van der Waals surface area contributed by atoms with E-state index in [0.29, 0.717) is 12.2 Å². The molecule has 0 fully saturated rings. The van der Waals surface area contributed by atoms with Crippen LogP contribution in [0, 0.1) is 0 Å². The van der Waals surface area contributed by atoms with Crippen molar-refractivity contribution in [3.8, 4) is 0 Å². The van der Waals surface area contributed by atoms with Crippen LogP contribution in [-0.4, -0.2) is 14.7 Å². The van der Waals surface area contributed by atoms with Crippen LogP contribution in [0.3, 0.4) is 0 Å². The van der Waals surface area contributed by atoms with Crippen molar-refractivity contribution in [2.75, 3.05) is 6.26 Å². The third-order valence-electron chi connectivity index (χ3n) is 0.954. The van der Waals surface area contributed by atoms with Crippen LogP contribution in [0.1, 0.15) is 0 Å². The van der Waals surface area contributed by atoms with Gasteiger partial charge in [-0.15, -0.1) is 0 Å². The zero-order valence-corrected chi connectivity index (χ0v) is 7.24. The Balaban J connectivity index is 5.08. The third kappa shape index (κ3) is 4.02. The molecule has 0 aromatic heterocycles. The Morgan fingerprint density at radius 2 is 2.00 bits per heavy atom. The van der Waals surface area contributed by atoms with E-state index >= 15 is 0 Å². The summed E-state index contributed by atoms with van der Waals surface area (Å²) in [6.07, 6.45) is 2.17. The topological polar surface area (TPSA) is 34.1 Å². The SMILES string of the molecule is C=C(F)/C=C(\C=C\F)S(C)(=O)=O. The molecule has 5 heteroatoms. The highest BCUT2D eigenvalue weighted by Crippen LogP contribution is 2.10. The summed E-state index contributed by atoms with van der Waals surface area (Å²) in [5.74, 6) is -0.937. The molecule has 0 aromatic carbocycles. The molecule has 2 nitrogen and oxygen atoms in total. The van der Waals surface area contributed by atoms with Gasteiger partial charge in [-0.1, -0.05) is 6.58 Å². The molecule has 0 aliphatic carbocycles. The van der Waals surface area contributed by atoms with Crippen molar-refractivity contribution >= 4 is 9.84 Å². The fraction of sp³-hybridized carbons (Fsp3) is 0.143. The Bertz CT molecular complexity index is 325. The first-order chi connectivity index (χ1) is 5.38. The Labute approximate surface area is 69.8 Å². The van der Waals surface area contributed by atoms with Gasteiger partial charge in [0, 0.05) is 6.26 Å². The minimum absolute atomic E-state index is 0.0236. The predicted molar refractivity (Wildman–Crippen MR) is 43.4 cm³/mol. The van der Waals surface area contributed by atoms with Gasteiger partial charge in [-0.3, -0.25) is 0 Å². The summed E-state index contributed by atoms with van der Waals surface area (Å²) < 4.78 is 45.2. The lowest BCUT2D eigenvalue weighted by molar-refractivity contribution is 0.607. The lowest BCUT2D eigenvalue weighted by atomic mass is 10.4. The largest absolute Gasteiger partial charge is 0.224 e. The minimum Gasteiger partial charge on any atom is -0.224 e. The highest BCUT2D eigenvalue weighted by atomic mass is 32.2. The van der Waals surface area contributed by atoms with Gasteiger partial charge in [0.15, 0.2) is 9.84 Å². The lowest BCUT2D eigenvalue weighted by Crippen LogP contribution is -1.98. The van der Waals surface area contributed by atoms with Crippen LogP contribution < -0.4 is 0 Å². The van der Waals surface area contributed by atoms with Gasteiger partial charge in [0.25, 0.3) is 0 Å². The molecule has 0 heterocycles. The molecule has 0 saturated carbocycles. The number of hydrogen-bond donors (Lipinski definition) is 0. The first-order valence-corrected chi connectivity index (χ1v) is 4.80. The maximum Gasteiger partial charge on any atom is 0.175 e. The average molecular weight is 194 g/mol. The molecule has 0 unspecified atom stereocenters. The van der Waals surface area contributed by atoms with Crippen molar-refractivity contribution in [3.63, 3.8) is 0 Å². The average Bonchev–Trinajstić information content (AvgIpc) is 1.83. The van der Waals surface area contributed by atoms with E-state index in [0.717, 1.165) is 6.26 Å². The molecule has 0 aromatic rings. The van der Waals surface area contributed by atoms with E-state index in [2.05, 4.69) is 6.58 Å². The molecular formula is C7H8F2O2S. The first kappa shape index (κ1) is 11.0. The Morgan fingerprint density at radius 1 is 1.50 bits per heavy atom. The summed E-state index contributed by atoms with van der Waals surface area (Å²) in [4.78, 5) is -0.447. The van der Waals surface area contributed by atoms with E-state index in [-0.39, 0.29) is 6.33 Å². The normalized spacial score (nSPS) is 13.8. The molecule has 0 N–H and O–H groups in total. The molecule has 0 aliphatic rings. The summed E-state index contributed by atoms with van der Waals surface area (Å²) >= 11 is 0. The maximum atomic E-state index is 12.1. The molecule has 0 rings (SSSR count). The van der Waals surface area contributed by atoms with Gasteiger partial charge in [-0.25, -0.2) is 17.2 Å². The summed E-state index contributed by atoms with van der Waals surface area (Å²) in [7, 11) is -3.59. The fourth-order valence-corrected chi connectivity index (χ4v) is 1.14. The molecule has 12 heavy (non-hydrogen) atoms. The molecule has 0 saturated heterocycles. The second-order valence-electron chi connectivity index (χ2n) is 2.06. The third-order valence-corrected chi connectivity index (χ3v) is 2.06. The van der Waals surface area contributed by atoms with Gasteiger partial charge < -0.3 is 0 Å². The van der Waals surface area contributed by atoms with Crippen LogP contribution in [0.15, 0.2) is 35.8 Å². The van der Waals surface area contributed by atoms with Gasteiger partial charge >= 0.3 is 0 Å². The molecule has 0 spiro atoms. The maximum absolute atomic E-state index is 12.1. The van der Waals surface area contributed by atoms with Gasteiger partial charge in [-0.2, -0.15) is 0 Å². The molecule has 0 bridgehead atoms. The van der Waals surface area contributed by atoms with E-state index in [1.165, 1.54) is 0 Å². The van der Waals surface area contributed by atoms with Gasteiger partial charge in [-0.05, 0) is 12.2 Å². The van der Waals surface area contributed by atoms with Crippen LogP contribution >= 0.6 is 0 Å². The predicted octanol–water partition coefficient (Wildman–Crippen LogP) is 1.88. The highest BCUT2D eigenvalue weighted by molar-refractivity contribution is 7.94. The number of halogens is 2. The second kappa shape index (κ2) is 4.15. The summed E-state index contributed by atoms with van der Waals surface area (Å²) in [6, 6.07) is 0. The Kier molecular flexibility index (Phi) is 3.82. The van der Waals surface area contributed by atoms with Crippen molar-refractivity contribution in [2.24, 2.45) is 0 Å². The number of allylic oxidation sites excluding steroid dienone is 3. The second-order valence-corrected chi connectivity index (χ2v) is 4.07. The number of rotatable bonds is 3. The summed E-state index contributed by atoms with van der Waals surface area (Å²) in [5, 5.41) is 0. The van der Waals surface area contributed by atoms with Crippen molar-refractivity contribution in [1.82, 2.24) is 0 Å². The zero-order valence-electron chi connectivity index (χ0n) is 6.42. The van der Waals surface area contributed by atoms with Crippen LogP contribution in [-0.2, 0) is 9.84 Å². The van der Waals surface area contributed by atoms with Gasteiger partial charge in [0.1, 0.15) is 5.83 Å². The van der Waals surface area contributed by atoms with E-state index in [1.807, 2.05) is 0 Å². The van der Waals surface area contributed by atoms with Crippen molar-refractivity contribution in [3.05, 3.63) is 35.8 Å². The molecule has 0 atom stereocenters. The van der Waals surface area contributed by atoms with E-state index in [4.69, 9.17) is 0 Å². The fourth-order valence-electron chi connectivity index (χ4n) is 0.495. The Morgan fingerprint density at radius 3 is 2.25 bits per heavy atom. The van der Waals surface area contributed by atoms with E-state index in [1.54, 1.807) is 0 Å². The zero-order chi connectivity index (χ0) is 9.78. The van der Waals surface area contributed by atoms with Crippen LogP contribution in [0.25, 0.3) is 0 Å². The molecule has 0 aliphatic heterocycles. The monoisotopic (exact) mass is 194 g/mol. The summed E-state index contributed by atoms with van der Waals surface area (Å²) in [5.41, 5.74) is 0. The quantitative estimate of drug-likeness (QED) is 0.643. The molecule has 0 radical (unpaired) electrons. The van der Waals surface area contributed by atoms with Crippen LogP contribution in [0.2, 0.25) is 0 Å². The lowest BCUT2D eigenvalue weighted by Gasteiger charge is -1.95. The van der Waals surface area contributed by atoms with Crippen LogP contribution in [0.4, 0.5) is 8.78 Å². The van der Waals surface area contributed by atoms with Gasteiger partial charge in [0.2, 0.25) is 0 Å². The van der Waals surface area contributed by atoms with E-state index in [9.17, 15) is 17.2 Å². The number of hydrogen-bond acceptors (Lipinski definition) is 2. The molecule has 68 valence electrons. The number of sulfone groups is 1. The first-order valence-electron chi connectivity index (χ1n) is 2.91. The Hall–Kier alpha value is -0.970. The standard InChI is InChI=1S/C7H8F2O2S/c1-6(9)5-7(3-4-8)12(2,10)11/h3-5H,1H2,2H3/b4-3+,7-5+. The van der Waals surface area contributed by atoms with Crippen molar-refractivity contribution < 1.29 is 17.2 Å². The van der Waals surface area contributed by atoms with Crippen LogP contribution in [0.5, 0.6) is 0 Å². The molecular weight excluding hydrogens is 186 g/mol. The van der Waals surface area contributed by atoms with Crippen molar-refractivity contribution in [1.29, 1.82) is 0 Å². The smallest absolute Gasteiger partial charge is 0.175 e. The minimum atomic E-state index is -3.59. The highest BCUT2D eigenvalue weighted by Gasteiger charge is 2.07. The van der Waals surface area contributed by atoms with E-state index < -0.39 is 20.6 Å². The van der Waals surface area contributed by atoms with Gasteiger partial charge in [0.05, 0.1) is 11.2 Å². The summed E-state index contributed by atoms with van der Waals surface area (Å²) in [6.45, 7) is 2.83. The van der Waals surface area contributed by atoms with Crippen molar-refractivity contribution in [2.45, 2.75) is 0 Å².